The number of carbonyl (C=O) groups excluding carboxylic acids is 1. The Balaban J connectivity index is 1.42. The largest absolute Gasteiger partial charge is 0.495 e. The molecule has 0 saturated heterocycles. The van der Waals surface area contributed by atoms with Crippen molar-refractivity contribution in [2.75, 3.05) is 7.11 Å². The minimum absolute atomic E-state index is 0.124. The van der Waals surface area contributed by atoms with E-state index < -0.39 is 5.60 Å². The van der Waals surface area contributed by atoms with Crippen LogP contribution in [0, 0.1) is 11.3 Å². The molecule has 0 unspecified atom stereocenters. The van der Waals surface area contributed by atoms with Crippen LogP contribution >= 0.6 is 0 Å². The van der Waals surface area contributed by atoms with E-state index in [1.54, 1.807) is 32.0 Å². The maximum atomic E-state index is 13.3. The summed E-state index contributed by atoms with van der Waals surface area (Å²) in [6, 6.07) is 26.6. The van der Waals surface area contributed by atoms with Crippen molar-refractivity contribution in [3.63, 3.8) is 0 Å². The summed E-state index contributed by atoms with van der Waals surface area (Å²) >= 11 is 0. The van der Waals surface area contributed by atoms with Crippen LogP contribution in [0.2, 0.25) is 0 Å². The van der Waals surface area contributed by atoms with Crippen LogP contribution in [0.5, 0.6) is 11.5 Å². The van der Waals surface area contributed by atoms with Crippen LogP contribution in [0.1, 0.15) is 36.2 Å². The van der Waals surface area contributed by atoms with Crippen molar-refractivity contribution in [3.05, 3.63) is 101 Å². The summed E-state index contributed by atoms with van der Waals surface area (Å²) in [5.41, 5.74) is 2.93. The van der Waals surface area contributed by atoms with Gasteiger partial charge in [0.2, 0.25) is 5.78 Å². The second kappa shape index (κ2) is 9.20. The molecule has 1 aromatic heterocycles. The molecule has 2 heterocycles. The molecular formula is C30H24N2O4. The van der Waals surface area contributed by atoms with E-state index >= 15 is 0 Å². The lowest BCUT2D eigenvalue weighted by Crippen LogP contribution is -2.29. The smallest absolute Gasteiger partial charge is 0.210 e. The molecule has 36 heavy (non-hydrogen) atoms. The molecule has 6 heteroatoms. The number of ketones is 1. The van der Waals surface area contributed by atoms with Crippen LogP contribution < -0.4 is 9.47 Å². The van der Waals surface area contributed by atoms with Crippen LogP contribution in [0.3, 0.4) is 0 Å². The molecule has 0 aliphatic carbocycles. The predicted octanol–water partition coefficient (Wildman–Crippen LogP) is 5.94. The van der Waals surface area contributed by atoms with E-state index in [2.05, 4.69) is 11.1 Å². The normalized spacial score (nSPS) is 14.4. The van der Waals surface area contributed by atoms with Crippen molar-refractivity contribution < 1.29 is 19.0 Å². The van der Waals surface area contributed by atoms with Crippen molar-refractivity contribution in [2.45, 2.75) is 26.1 Å². The maximum Gasteiger partial charge on any atom is 0.210 e. The molecule has 0 radical (unpaired) electrons. The van der Waals surface area contributed by atoms with Gasteiger partial charge in [0.25, 0.3) is 0 Å². The molecule has 0 saturated carbocycles. The Bertz CT molecular complexity index is 1550. The predicted molar refractivity (Wildman–Crippen MR) is 137 cm³/mol. The SMILES string of the molecule is COc1ccc(C2=C(c3ccc(OCc4ccc5ccccc5n4)cc3)C(=O)C(C)(C)O2)cc1C#N. The number of ether oxygens (including phenoxy) is 3. The molecule has 4 aromatic rings. The number of nitriles is 1. The average molecular weight is 477 g/mol. The molecule has 1 aliphatic heterocycles. The lowest BCUT2D eigenvalue weighted by atomic mass is 9.92. The molecule has 0 N–H and O–H groups in total. The Labute approximate surface area is 209 Å². The first-order chi connectivity index (χ1) is 17.4. The molecule has 3 aromatic carbocycles. The molecule has 0 amide bonds. The topological polar surface area (TPSA) is 81.4 Å². The molecule has 6 nitrogen and oxygen atoms in total. The fraction of sp³-hybridized carbons (Fsp3) is 0.167. The number of pyridine rings is 1. The van der Waals surface area contributed by atoms with Gasteiger partial charge < -0.3 is 14.2 Å². The highest BCUT2D eigenvalue weighted by Crippen LogP contribution is 2.42. The molecule has 5 rings (SSSR count). The summed E-state index contributed by atoms with van der Waals surface area (Å²) in [5, 5.41) is 10.6. The number of Topliss-reactive ketones (excluding diaryl/α,β-unsaturated/α-hetero) is 1. The minimum Gasteiger partial charge on any atom is -0.495 e. The highest BCUT2D eigenvalue weighted by atomic mass is 16.5. The van der Waals surface area contributed by atoms with Crippen LogP contribution in [-0.4, -0.2) is 23.5 Å². The Morgan fingerprint density at radius 2 is 1.72 bits per heavy atom. The number of carbonyl (C=O) groups is 1. The highest BCUT2D eigenvalue weighted by Gasteiger charge is 2.42. The van der Waals surface area contributed by atoms with Crippen LogP contribution in [-0.2, 0) is 16.1 Å². The number of aromatic nitrogens is 1. The van der Waals surface area contributed by atoms with Crippen molar-refractivity contribution in [3.8, 4) is 17.6 Å². The Morgan fingerprint density at radius 3 is 2.47 bits per heavy atom. The second-order valence-electron chi connectivity index (χ2n) is 8.98. The van der Waals surface area contributed by atoms with E-state index in [-0.39, 0.29) is 5.78 Å². The van der Waals surface area contributed by atoms with E-state index in [4.69, 9.17) is 14.2 Å². The van der Waals surface area contributed by atoms with E-state index in [0.717, 1.165) is 16.6 Å². The Morgan fingerprint density at radius 1 is 0.972 bits per heavy atom. The zero-order chi connectivity index (χ0) is 25.3. The summed E-state index contributed by atoms with van der Waals surface area (Å²) in [7, 11) is 1.51. The average Bonchev–Trinajstić information content (AvgIpc) is 3.15. The van der Waals surface area contributed by atoms with Gasteiger partial charge in [0, 0.05) is 10.9 Å². The van der Waals surface area contributed by atoms with Gasteiger partial charge in [0.05, 0.1) is 29.5 Å². The van der Waals surface area contributed by atoms with Crippen molar-refractivity contribution in [1.29, 1.82) is 5.26 Å². The van der Waals surface area contributed by atoms with Gasteiger partial charge in [-0.25, -0.2) is 4.98 Å². The monoisotopic (exact) mass is 476 g/mol. The van der Waals surface area contributed by atoms with Crippen molar-refractivity contribution in [2.24, 2.45) is 0 Å². The highest BCUT2D eigenvalue weighted by molar-refractivity contribution is 6.32. The van der Waals surface area contributed by atoms with Gasteiger partial charge >= 0.3 is 0 Å². The Kier molecular flexibility index (Phi) is 5.91. The molecule has 0 bridgehead atoms. The number of fused-ring (bicyclic) bond motifs is 1. The molecule has 0 spiro atoms. The third-order valence-corrected chi connectivity index (χ3v) is 6.13. The molecule has 0 atom stereocenters. The lowest BCUT2D eigenvalue weighted by Gasteiger charge is -2.18. The third-order valence-electron chi connectivity index (χ3n) is 6.13. The van der Waals surface area contributed by atoms with Gasteiger partial charge in [-0.3, -0.25) is 4.79 Å². The van der Waals surface area contributed by atoms with Gasteiger partial charge in [-0.1, -0.05) is 36.4 Å². The number of benzene rings is 3. The van der Waals surface area contributed by atoms with Gasteiger partial charge in [0.1, 0.15) is 29.9 Å². The number of hydrogen-bond acceptors (Lipinski definition) is 6. The number of hydrogen-bond donors (Lipinski definition) is 0. The number of rotatable bonds is 6. The maximum absolute atomic E-state index is 13.3. The minimum atomic E-state index is -1.02. The molecule has 1 aliphatic rings. The van der Waals surface area contributed by atoms with Gasteiger partial charge in [-0.05, 0) is 61.9 Å². The van der Waals surface area contributed by atoms with Gasteiger partial charge in [0.15, 0.2) is 5.60 Å². The van der Waals surface area contributed by atoms with Crippen LogP contribution in [0.15, 0.2) is 78.9 Å². The third kappa shape index (κ3) is 4.27. The lowest BCUT2D eigenvalue weighted by molar-refractivity contribution is -0.125. The Hall–Kier alpha value is -4.63. The zero-order valence-electron chi connectivity index (χ0n) is 20.2. The van der Waals surface area contributed by atoms with Crippen LogP contribution in [0.25, 0.3) is 22.2 Å². The first kappa shape index (κ1) is 23.1. The first-order valence-electron chi connectivity index (χ1n) is 11.5. The fourth-order valence-corrected chi connectivity index (χ4v) is 4.22. The van der Waals surface area contributed by atoms with E-state index in [0.29, 0.717) is 46.1 Å². The summed E-state index contributed by atoms with van der Waals surface area (Å²) < 4.78 is 17.3. The number of para-hydroxylation sites is 1. The molecule has 0 fully saturated rings. The fourth-order valence-electron chi connectivity index (χ4n) is 4.22. The first-order valence-corrected chi connectivity index (χ1v) is 11.5. The van der Waals surface area contributed by atoms with Crippen LogP contribution in [0.4, 0.5) is 0 Å². The summed E-state index contributed by atoms with van der Waals surface area (Å²) in [4.78, 5) is 17.9. The summed E-state index contributed by atoms with van der Waals surface area (Å²) in [5.74, 6) is 1.45. The quantitative estimate of drug-likeness (QED) is 0.343. The van der Waals surface area contributed by atoms with Gasteiger partial charge in [-0.15, -0.1) is 0 Å². The van der Waals surface area contributed by atoms with E-state index in [1.807, 2.05) is 60.7 Å². The van der Waals surface area contributed by atoms with E-state index in [1.165, 1.54) is 7.11 Å². The zero-order valence-corrected chi connectivity index (χ0v) is 20.2. The van der Waals surface area contributed by atoms with E-state index in [9.17, 15) is 10.1 Å². The summed E-state index contributed by atoms with van der Waals surface area (Å²) in [6.45, 7) is 3.81. The molecular weight excluding hydrogens is 452 g/mol. The van der Waals surface area contributed by atoms with Crippen molar-refractivity contribution in [1.82, 2.24) is 4.98 Å². The molecule has 178 valence electrons. The number of methoxy groups -OCH3 is 1. The van der Waals surface area contributed by atoms with Gasteiger partial charge in [-0.2, -0.15) is 5.26 Å². The standard InChI is InChI=1S/C30H24N2O4/c1-30(2)29(33)27(28(36-30)21-11-15-26(34-3)22(16-21)17-31)20-9-13-24(14-10-20)35-18-23-12-8-19-6-4-5-7-25(19)32-23/h4-16H,18H2,1-3H3. The summed E-state index contributed by atoms with van der Waals surface area (Å²) in [6.07, 6.45) is 0. The number of nitrogens with zero attached hydrogens (tertiary/aromatic N) is 2. The second-order valence-corrected chi connectivity index (χ2v) is 8.98. The van der Waals surface area contributed by atoms with Crippen molar-refractivity contribution >= 4 is 28.0 Å².